The Hall–Kier alpha value is -2.57. The number of hydrogen-bond donors (Lipinski definition) is 2. The standard InChI is InChI=1S/C19H28N4O3/c1-4-22(5-2)17-10-8-15(9-11-17)18(25)20-21-19(26)16-7-6-12-23(13-16)14(3)24/h8-11,16H,4-7,12-13H2,1-3H3,(H,20,25)(H,21,26)/t16-/m0/s1. The molecule has 7 nitrogen and oxygen atoms in total. The van der Waals surface area contributed by atoms with Gasteiger partial charge in [0.25, 0.3) is 5.91 Å². The fourth-order valence-corrected chi connectivity index (χ4v) is 3.18. The maximum Gasteiger partial charge on any atom is 0.269 e. The van der Waals surface area contributed by atoms with Crippen molar-refractivity contribution in [1.82, 2.24) is 15.8 Å². The van der Waals surface area contributed by atoms with Crippen molar-refractivity contribution in [2.45, 2.75) is 33.6 Å². The zero-order valence-corrected chi connectivity index (χ0v) is 15.7. The van der Waals surface area contributed by atoms with E-state index < -0.39 is 0 Å². The van der Waals surface area contributed by atoms with Crippen LogP contribution in [0.3, 0.4) is 0 Å². The van der Waals surface area contributed by atoms with Crippen LogP contribution in [0.15, 0.2) is 24.3 Å². The maximum absolute atomic E-state index is 12.3. The number of benzene rings is 1. The summed E-state index contributed by atoms with van der Waals surface area (Å²) in [6.07, 6.45) is 1.50. The Morgan fingerprint density at radius 1 is 1.12 bits per heavy atom. The highest BCUT2D eigenvalue weighted by Crippen LogP contribution is 2.17. The van der Waals surface area contributed by atoms with Gasteiger partial charge in [-0.2, -0.15) is 0 Å². The number of likely N-dealkylation sites (tertiary alicyclic amines) is 1. The number of hydrazine groups is 1. The van der Waals surface area contributed by atoms with E-state index in [2.05, 4.69) is 29.6 Å². The van der Waals surface area contributed by atoms with Crippen LogP contribution >= 0.6 is 0 Å². The number of nitrogens with zero attached hydrogens (tertiary/aromatic N) is 2. The monoisotopic (exact) mass is 360 g/mol. The highest BCUT2D eigenvalue weighted by atomic mass is 16.2. The molecule has 0 bridgehead atoms. The first-order valence-corrected chi connectivity index (χ1v) is 9.17. The van der Waals surface area contributed by atoms with Crippen LogP contribution in [-0.2, 0) is 9.59 Å². The highest BCUT2D eigenvalue weighted by Gasteiger charge is 2.27. The van der Waals surface area contributed by atoms with E-state index in [1.807, 2.05) is 12.1 Å². The summed E-state index contributed by atoms with van der Waals surface area (Å²) in [6, 6.07) is 7.28. The third-order valence-electron chi connectivity index (χ3n) is 4.79. The van der Waals surface area contributed by atoms with Gasteiger partial charge in [0.05, 0.1) is 5.92 Å². The van der Waals surface area contributed by atoms with Gasteiger partial charge >= 0.3 is 0 Å². The molecule has 0 unspecified atom stereocenters. The first-order valence-electron chi connectivity index (χ1n) is 9.17. The molecule has 7 heteroatoms. The van der Waals surface area contributed by atoms with Gasteiger partial charge in [-0.05, 0) is 51.0 Å². The molecule has 1 saturated heterocycles. The van der Waals surface area contributed by atoms with Crippen molar-refractivity contribution in [1.29, 1.82) is 0 Å². The number of carbonyl (C=O) groups is 3. The van der Waals surface area contributed by atoms with Gasteiger partial charge in [0.15, 0.2) is 0 Å². The number of nitrogens with one attached hydrogen (secondary N) is 2. The molecule has 1 aromatic rings. The van der Waals surface area contributed by atoms with E-state index in [-0.39, 0.29) is 23.6 Å². The number of piperidine rings is 1. The summed E-state index contributed by atoms with van der Waals surface area (Å²) < 4.78 is 0. The molecule has 1 heterocycles. The van der Waals surface area contributed by atoms with Gasteiger partial charge in [-0.3, -0.25) is 25.2 Å². The van der Waals surface area contributed by atoms with Gasteiger partial charge in [0.1, 0.15) is 0 Å². The summed E-state index contributed by atoms with van der Waals surface area (Å²) in [6.45, 7) is 8.55. The molecule has 0 spiro atoms. The van der Waals surface area contributed by atoms with Crippen molar-refractivity contribution in [2.24, 2.45) is 5.92 Å². The summed E-state index contributed by atoms with van der Waals surface area (Å²) in [4.78, 5) is 39.8. The predicted molar refractivity (Wildman–Crippen MR) is 101 cm³/mol. The lowest BCUT2D eigenvalue weighted by Gasteiger charge is -2.31. The number of anilines is 1. The fraction of sp³-hybridized carbons (Fsp3) is 0.526. The van der Waals surface area contributed by atoms with E-state index in [9.17, 15) is 14.4 Å². The summed E-state index contributed by atoms with van der Waals surface area (Å²) in [5.74, 6) is -0.939. The highest BCUT2D eigenvalue weighted by molar-refractivity contribution is 5.96. The van der Waals surface area contributed by atoms with E-state index >= 15 is 0 Å². The second kappa shape index (κ2) is 9.22. The van der Waals surface area contributed by atoms with Crippen molar-refractivity contribution < 1.29 is 14.4 Å². The Balaban J connectivity index is 1.87. The Kier molecular flexibility index (Phi) is 7.00. The van der Waals surface area contributed by atoms with Crippen LogP contribution in [0, 0.1) is 5.92 Å². The maximum atomic E-state index is 12.3. The normalized spacial score (nSPS) is 16.7. The topological polar surface area (TPSA) is 81.8 Å². The lowest BCUT2D eigenvalue weighted by Crippen LogP contribution is -2.49. The summed E-state index contributed by atoms with van der Waals surface area (Å²) >= 11 is 0. The van der Waals surface area contributed by atoms with Crippen LogP contribution in [0.2, 0.25) is 0 Å². The predicted octanol–water partition coefficient (Wildman–Crippen LogP) is 1.55. The van der Waals surface area contributed by atoms with E-state index in [1.165, 1.54) is 6.92 Å². The molecule has 1 atom stereocenters. The van der Waals surface area contributed by atoms with Crippen molar-refractivity contribution in [3.05, 3.63) is 29.8 Å². The van der Waals surface area contributed by atoms with Gasteiger partial charge in [-0.15, -0.1) is 0 Å². The molecule has 2 N–H and O–H groups in total. The van der Waals surface area contributed by atoms with Crippen molar-refractivity contribution >= 4 is 23.4 Å². The Morgan fingerprint density at radius 3 is 2.35 bits per heavy atom. The van der Waals surface area contributed by atoms with Crippen LogP contribution in [-0.4, -0.2) is 48.8 Å². The molecule has 26 heavy (non-hydrogen) atoms. The lowest BCUT2D eigenvalue weighted by molar-refractivity contribution is -0.134. The minimum absolute atomic E-state index is 0.0279. The molecule has 0 saturated carbocycles. The van der Waals surface area contributed by atoms with Crippen LogP contribution in [0.4, 0.5) is 5.69 Å². The Bertz CT molecular complexity index is 641. The average molecular weight is 360 g/mol. The Labute approximate surface area is 154 Å². The minimum Gasteiger partial charge on any atom is -0.372 e. The second-order valence-corrected chi connectivity index (χ2v) is 6.47. The third kappa shape index (κ3) is 4.97. The van der Waals surface area contributed by atoms with Gasteiger partial charge in [0, 0.05) is 44.4 Å². The molecule has 1 aromatic carbocycles. The number of rotatable bonds is 5. The quantitative estimate of drug-likeness (QED) is 0.781. The summed E-state index contributed by atoms with van der Waals surface area (Å²) in [5.41, 5.74) is 6.48. The third-order valence-corrected chi connectivity index (χ3v) is 4.79. The minimum atomic E-state index is -0.358. The first kappa shape index (κ1) is 19.8. The molecule has 142 valence electrons. The number of hydrogen-bond acceptors (Lipinski definition) is 4. The van der Waals surface area contributed by atoms with E-state index in [4.69, 9.17) is 0 Å². The van der Waals surface area contributed by atoms with E-state index in [1.54, 1.807) is 17.0 Å². The number of amides is 3. The van der Waals surface area contributed by atoms with Crippen molar-refractivity contribution in [3.63, 3.8) is 0 Å². The molecule has 0 aromatic heterocycles. The largest absolute Gasteiger partial charge is 0.372 e. The van der Waals surface area contributed by atoms with E-state index in [0.717, 1.165) is 25.2 Å². The first-order chi connectivity index (χ1) is 12.5. The lowest BCUT2D eigenvalue weighted by atomic mass is 9.97. The average Bonchev–Trinajstić information content (AvgIpc) is 2.67. The molecule has 1 fully saturated rings. The van der Waals surface area contributed by atoms with Gasteiger partial charge < -0.3 is 9.80 Å². The van der Waals surface area contributed by atoms with Crippen LogP contribution in [0.5, 0.6) is 0 Å². The Morgan fingerprint density at radius 2 is 1.77 bits per heavy atom. The van der Waals surface area contributed by atoms with Crippen LogP contribution in [0.1, 0.15) is 44.0 Å². The van der Waals surface area contributed by atoms with Gasteiger partial charge in [0.2, 0.25) is 11.8 Å². The fourth-order valence-electron chi connectivity index (χ4n) is 3.18. The molecular formula is C19H28N4O3. The zero-order valence-electron chi connectivity index (χ0n) is 15.7. The van der Waals surface area contributed by atoms with Gasteiger partial charge in [-0.1, -0.05) is 0 Å². The molecular weight excluding hydrogens is 332 g/mol. The molecule has 3 amide bonds. The van der Waals surface area contributed by atoms with Crippen LogP contribution in [0.25, 0.3) is 0 Å². The summed E-state index contributed by atoms with van der Waals surface area (Å²) in [7, 11) is 0. The molecule has 1 aliphatic heterocycles. The summed E-state index contributed by atoms with van der Waals surface area (Å²) in [5, 5.41) is 0. The van der Waals surface area contributed by atoms with Crippen molar-refractivity contribution in [3.8, 4) is 0 Å². The van der Waals surface area contributed by atoms with E-state index in [0.29, 0.717) is 25.1 Å². The SMILES string of the molecule is CCN(CC)c1ccc(C(=O)NNC(=O)[C@H]2CCCN(C(C)=O)C2)cc1. The zero-order chi connectivity index (χ0) is 19.1. The van der Waals surface area contributed by atoms with Crippen molar-refractivity contribution in [2.75, 3.05) is 31.1 Å². The van der Waals surface area contributed by atoms with Crippen LogP contribution < -0.4 is 15.8 Å². The molecule has 0 aliphatic carbocycles. The molecule has 0 radical (unpaired) electrons. The molecule has 1 aliphatic rings. The molecule has 2 rings (SSSR count). The smallest absolute Gasteiger partial charge is 0.269 e. The van der Waals surface area contributed by atoms with Gasteiger partial charge in [-0.25, -0.2) is 0 Å². The number of carbonyl (C=O) groups excluding carboxylic acids is 3. The second-order valence-electron chi connectivity index (χ2n) is 6.47.